The van der Waals surface area contributed by atoms with Crippen LogP contribution in [0.2, 0.25) is 0 Å². The Balaban J connectivity index is 2.59. The fourth-order valence-corrected chi connectivity index (χ4v) is 1.75. The number of aromatic nitrogens is 2. The van der Waals surface area contributed by atoms with Gasteiger partial charge in [-0.3, -0.25) is 9.36 Å². The maximum Gasteiger partial charge on any atom is 0.266 e. The highest BCUT2D eigenvalue weighted by Gasteiger charge is 2.08. The number of pyridine rings is 2. The summed E-state index contributed by atoms with van der Waals surface area (Å²) in [6.45, 7) is 1.68. The van der Waals surface area contributed by atoms with Gasteiger partial charge in [-0.1, -0.05) is 12.1 Å². The van der Waals surface area contributed by atoms with E-state index in [0.29, 0.717) is 17.1 Å². The predicted octanol–water partition coefficient (Wildman–Crippen LogP) is 2.86. The highest BCUT2D eigenvalue weighted by molar-refractivity contribution is 5.29. The van der Waals surface area contributed by atoms with Gasteiger partial charge in [-0.2, -0.15) is 8.78 Å². The topological polar surface area (TPSA) is 34.9 Å². The Morgan fingerprint density at radius 3 is 2.74 bits per heavy atom. The van der Waals surface area contributed by atoms with Gasteiger partial charge >= 0.3 is 0 Å². The molecule has 0 spiro atoms. The van der Waals surface area contributed by atoms with Crippen molar-refractivity contribution >= 4 is 0 Å². The Kier molecular flexibility index (Phi) is 3.85. The van der Waals surface area contributed by atoms with Crippen LogP contribution in [0.5, 0.6) is 0 Å². The average Bonchev–Trinajstić information content (AvgIpc) is 2.41. The molecule has 0 amide bonds. The Bertz CT molecular complexity index is 659. The Labute approximate surface area is 108 Å². The van der Waals surface area contributed by atoms with Crippen LogP contribution in [0.4, 0.5) is 8.78 Å². The van der Waals surface area contributed by atoms with E-state index in [0.717, 1.165) is 6.08 Å². The lowest BCUT2D eigenvalue weighted by Crippen LogP contribution is -2.24. The number of allylic oxidation sites excluding steroid dienone is 1. The third-order valence-electron chi connectivity index (χ3n) is 2.70. The molecular formula is C14H12F2N2O. The quantitative estimate of drug-likeness (QED) is 0.852. The summed E-state index contributed by atoms with van der Waals surface area (Å²) >= 11 is 0. The molecule has 0 N–H and O–H groups in total. The van der Waals surface area contributed by atoms with Crippen molar-refractivity contribution < 1.29 is 8.78 Å². The van der Waals surface area contributed by atoms with Gasteiger partial charge in [0.15, 0.2) is 0 Å². The summed E-state index contributed by atoms with van der Waals surface area (Å²) in [5.41, 5.74) is 0.769. The van der Waals surface area contributed by atoms with Gasteiger partial charge in [-0.15, -0.1) is 0 Å². The zero-order valence-corrected chi connectivity index (χ0v) is 10.3. The van der Waals surface area contributed by atoms with Crippen molar-refractivity contribution in [3.63, 3.8) is 0 Å². The average molecular weight is 262 g/mol. The third-order valence-corrected chi connectivity index (χ3v) is 2.70. The fourth-order valence-electron chi connectivity index (χ4n) is 1.75. The van der Waals surface area contributed by atoms with Gasteiger partial charge in [0.05, 0.1) is 0 Å². The molecule has 2 rings (SSSR count). The highest BCUT2D eigenvalue weighted by atomic mass is 19.3. The summed E-state index contributed by atoms with van der Waals surface area (Å²) in [6, 6.07) is 8.42. The number of nitrogens with zero attached hydrogens (tertiary/aromatic N) is 2. The molecule has 5 heteroatoms. The van der Waals surface area contributed by atoms with Crippen LogP contribution in [0.15, 0.2) is 53.5 Å². The van der Waals surface area contributed by atoms with Crippen LogP contribution in [-0.2, 0) is 6.42 Å². The largest absolute Gasteiger partial charge is 0.269 e. The molecule has 0 fully saturated rings. The lowest BCUT2D eigenvalue weighted by molar-refractivity contribution is 0.418. The molecule has 2 aromatic rings. The van der Waals surface area contributed by atoms with Crippen molar-refractivity contribution in [3.05, 3.63) is 70.3 Å². The predicted molar refractivity (Wildman–Crippen MR) is 68.6 cm³/mol. The second-order valence-electron chi connectivity index (χ2n) is 4.03. The zero-order chi connectivity index (χ0) is 13.8. The van der Waals surface area contributed by atoms with E-state index in [1.807, 2.05) is 0 Å². The van der Waals surface area contributed by atoms with E-state index >= 15 is 0 Å². The molecule has 0 saturated heterocycles. The van der Waals surface area contributed by atoms with E-state index in [9.17, 15) is 13.6 Å². The summed E-state index contributed by atoms with van der Waals surface area (Å²) in [6.07, 6.45) is 0.554. The normalized spacial score (nSPS) is 10.3. The molecule has 2 heterocycles. The maximum absolute atomic E-state index is 12.2. The molecule has 0 aliphatic carbocycles. The van der Waals surface area contributed by atoms with Crippen molar-refractivity contribution in [2.24, 2.45) is 0 Å². The molecule has 0 unspecified atom stereocenters. The smallest absolute Gasteiger partial charge is 0.266 e. The van der Waals surface area contributed by atoms with E-state index in [2.05, 4.69) is 4.98 Å². The van der Waals surface area contributed by atoms with Crippen LogP contribution in [0, 0.1) is 6.92 Å². The number of rotatable bonds is 3. The minimum Gasteiger partial charge on any atom is -0.269 e. The second kappa shape index (κ2) is 5.56. The molecule has 0 aromatic carbocycles. The summed E-state index contributed by atoms with van der Waals surface area (Å²) in [5.74, 6) is 0.430. The third kappa shape index (κ3) is 2.93. The molecule has 2 aromatic heterocycles. The number of hydrogen-bond donors (Lipinski definition) is 0. The first-order valence-corrected chi connectivity index (χ1v) is 5.73. The molecule has 3 nitrogen and oxygen atoms in total. The van der Waals surface area contributed by atoms with E-state index in [1.54, 1.807) is 43.5 Å². The lowest BCUT2D eigenvalue weighted by Gasteiger charge is -2.11. The zero-order valence-electron chi connectivity index (χ0n) is 10.3. The van der Waals surface area contributed by atoms with Crippen LogP contribution in [0.25, 0.3) is 5.82 Å². The SMILES string of the molecule is Cc1ccc(CC=C(F)F)n(-c2ccccn2)c1=O. The van der Waals surface area contributed by atoms with Gasteiger partial charge in [-0.05, 0) is 31.2 Å². The minimum atomic E-state index is -1.76. The first kappa shape index (κ1) is 13.1. The molecule has 0 bridgehead atoms. The van der Waals surface area contributed by atoms with E-state index in [4.69, 9.17) is 0 Å². The molecule has 0 saturated carbocycles. The lowest BCUT2D eigenvalue weighted by atomic mass is 10.2. The van der Waals surface area contributed by atoms with Crippen molar-refractivity contribution in [3.8, 4) is 5.82 Å². The standard InChI is InChI=1S/C14H12F2N2O/c1-10-5-6-11(7-8-12(15)16)18(14(10)19)13-4-2-3-9-17-13/h2-6,8-9H,7H2,1H3. The monoisotopic (exact) mass is 262 g/mol. The second-order valence-corrected chi connectivity index (χ2v) is 4.03. The minimum absolute atomic E-state index is 0.0194. The van der Waals surface area contributed by atoms with Crippen LogP contribution >= 0.6 is 0 Å². The Morgan fingerprint density at radius 2 is 2.11 bits per heavy atom. The van der Waals surface area contributed by atoms with E-state index < -0.39 is 6.08 Å². The molecule has 0 aliphatic rings. The summed E-state index contributed by atoms with van der Waals surface area (Å²) in [4.78, 5) is 16.2. The number of aryl methyl sites for hydroxylation is 1. The van der Waals surface area contributed by atoms with Crippen LogP contribution in [-0.4, -0.2) is 9.55 Å². The molecule has 0 atom stereocenters. The van der Waals surface area contributed by atoms with Crippen molar-refractivity contribution in [2.45, 2.75) is 13.3 Å². The van der Waals surface area contributed by atoms with Crippen molar-refractivity contribution in [2.75, 3.05) is 0 Å². The van der Waals surface area contributed by atoms with Gasteiger partial charge in [-0.25, -0.2) is 4.98 Å². The summed E-state index contributed by atoms with van der Waals surface area (Å²) < 4.78 is 25.7. The van der Waals surface area contributed by atoms with Gasteiger partial charge in [0.1, 0.15) is 5.82 Å². The maximum atomic E-state index is 12.2. The van der Waals surface area contributed by atoms with Gasteiger partial charge in [0.2, 0.25) is 0 Å². The van der Waals surface area contributed by atoms with Crippen molar-refractivity contribution in [1.29, 1.82) is 0 Å². The molecule has 19 heavy (non-hydrogen) atoms. The first-order chi connectivity index (χ1) is 9.09. The van der Waals surface area contributed by atoms with Gasteiger partial charge < -0.3 is 0 Å². The van der Waals surface area contributed by atoms with Gasteiger partial charge in [0, 0.05) is 23.9 Å². The molecule has 98 valence electrons. The van der Waals surface area contributed by atoms with Crippen molar-refractivity contribution in [1.82, 2.24) is 9.55 Å². The Hall–Kier alpha value is -2.30. The van der Waals surface area contributed by atoms with E-state index in [1.165, 1.54) is 4.57 Å². The molecule has 0 radical (unpaired) electrons. The fraction of sp³-hybridized carbons (Fsp3) is 0.143. The van der Waals surface area contributed by atoms with Crippen LogP contribution in [0.3, 0.4) is 0 Å². The summed E-state index contributed by atoms with van der Waals surface area (Å²) in [5, 5.41) is 0. The Morgan fingerprint density at radius 1 is 1.32 bits per heavy atom. The van der Waals surface area contributed by atoms with Gasteiger partial charge in [0.25, 0.3) is 11.6 Å². The highest BCUT2D eigenvalue weighted by Crippen LogP contribution is 2.10. The number of hydrogen-bond acceptors (Lipinski definition) is 2. The molecular weight excluding hydrogens is 250 g/mol. The van der Waals surface area contributed by atoms with Crippen LogP contribution < -0.4 is 5.56 Å². The summed E-state index contributed by atoms with van der Waals surface area (Å²) in [7, 11) is 0. The van der Waals surface area contributed by atoms with E-state index in [-0.39, 0.29) is 12.0 Å². The molecule has 0 aliphatic heterocycles. The first-order valence-electron chi connectivity index (χ1n) is 5.73. The number of halogens is 2. The van der Waals surface area contributed by atoms with Crippen LogP contribution in [0.1, 0.15) is 11.3 Å².